The molecule has 0 aliphatic carbocycles. The summed E-state index contributed by atoms with van der Waals surface area (Å²) in [4.78, 5) is 1.29. The Hall–Kier alpha value is -1.04. The summed E-state index contributed by atoms with van der Waals surface area (Å²) in [6, 6.07) is 14.1. The monoisotopic (exact) mass is 393 g/mol. The molecular weight excluding hydrogens is 366 g/mol. The van der Waals surface area contributed by atoms with Gasteiger partial charge in [0.2, 0.25) is 0 Å². The van der Waals surface area contributed by atoms with Crippen LogP contribution in [0.25, 0.3) is 0 Å². The molecule has 0 amide bonds. The summed E-state index contributed by atoms with van der Waals surface area (Å²) in [6.07, 6.45) is -0.585. The van der Waals surface area contributed by atoms with Gasteiger partial charge in [-0.1, -0.05) is 29.8 Å². The van der Waals surface area contributed by atoms with Gasteiger partial charge < -0.3 is 15.2 Å². The van der Waals surface area contributed by atoms with Crippen LogP contribution in [0.2, 0.25) is 5.02 Å². The Labute approximate surface area is 166 Å². The lowest BCUT2D eigenvalue weighted by Gasteiger charge is -2.17. The van der Waals surface area contributed by atoms with Crippen molar-refractivity contribution >= 4 is 23.4 Å². The lowest BCUT2D eigenvalue weighted by atomic mass is 10.1. The second-order valence-corrected chi connectivity index (χ2v) is 8.08. The molecule has 26 heavy (non-hydrogen) atoms. The van der Waals surface area contributed by atoms with E-state index in [0.29, 0.717) is 18.2 Å². The number of ether oxygens (including phenoxy) is 1. The highest BCUT2D eigenvalue weighted by atomic mass is 35.5. The predicted molar refractivity (Wildman–Crippen MR) is 111 cm³/mol. The fourth-order valence-corrected chi connectivity index (χ4v) is 3.49. The van der Waals surface area contributed by atoms with E-state index in [9.17, 15) is 5.11 Å². The summed E-state index contributed by atoms with van der Waals surface area (Å²) in [5, 5.41) is 14.1. The van der Waals surface area contributed by atoms with E-state index in [-0.39, 0.29) is 6.10 Å². The van der Waals surface area contributed by atoms with E-state index < -0.39 is 6.10 Å². The molecule has 2 aromatic rings. The van der Waals surface area contributed by atoms with Crippen molar-refractivity contribution in [3.8, 4) is 0 Å². The molecule has 2 N–H and O–H groups in total. The Morgan fingerprint density at radius 3 is 2.54 bits per heavy atom. The molecule has 0 radical (unpaired) electrons. The normalized spacial score (nSPS) is 13.6. The molecule has 0 aliphatic rings. The molecule has 0 aliphatic heterocycles. The van der Waals surface area contributed by atoms with E-state index >= 15 is 0 Å². The average Bonchev–Trinajstić information content (AvgIpc) is 2.63. The van der Waals surface area contributed by atoms with Crippen LogP contribution in [0.3, 0.4) is 0 Å². The van der Waals surface area contributed by atoms with Gasteiger partial charge in [-0.05, 0) is 61.7 Å². The van der Waals surface area contributed by atoms with E-state index in [2.05, 4.69) is 37.4 Å². The van der Waals surface area contributed by atoms with Crippen LogP contribution in [-0.4, -0.2) is 36.7 Å². The van der Waals surface area contributed by atoms with Gasteiger partial charge in [0, 0.05) is 28.8 Å². The largest absolute Gasteiger partial charge is 0.389 e. The number of hydrogen-bond acceptors (Lipinski definition) is 4. The van der Waals surface area contributed by atoms with E-state index in [0.717, 1.165) is 17.9 Å². The second kappa shape index (κ2) is 11.0. The molecule has 0 spiro atoms. The third kappa shape index (κ3) is 7.29. The number of thioether (sulfide) groups is 1. The van der Waals surface area contributed by atoms with Gasteiger partial charge in [-0.2, -0.15) is 0 Å². The van der Waals surface area contributed by atoms with Crippen LogP contribution in [-0.2, 0) is 4.74 Å². The van der Waals surface area contributed by atoms with Gasteiger partial charge in [-0.25, -0.2) is 0 Å². The topological polar surface area (TPSA) is 41.5 Å². The van der Waals surface area contributed by atoms with Gasteiger partial charge in [0.25, 0.3) is 0 Å². The molecule has 3 nitrogen and oxygen atoms in total. The summed E-state index contributed by atoms with van der Waals surface area (Å²) in [6.45, 7) is 7.93. The average molecular weight is 394 g/mol. The van der Waals surface area contributed by atoms with Crippen molar-refractivity contribution < 1.29 is 9.84 Å². The molecule has 0 fully saturated rings. The number of aryl methyl sites for hydroxylation is 2. The molecule has 0 unspecified atom stereocenters. The number of nitrogens with one attached hydrogen (secondary N) is 1. The molecule has 0 saturated heterocycles. The molecule has 2 atom stereocenters. The van der Waals surface area contributed by atoms with E-state index in [4.69, 9.17) is 16.3 Å². The fourth-order valence-electron chi connectivity index (χ4n) is 2.46. The molecule has 0 saturated carbocycles. The molecule has 5 heteroatoms. The Kier molecular flexibility index (Phi) is 8.96. The minimum Gasteiger partial charge on any atom is -0.389 e. The summed E-state index contributed by atoms with van der Waals surface area (Å²) in [5.41, 5.74) is 3.70. The lowest BCUT2D eigenvalue weighted by Crippen LogP contribution is -2.32. The minimum atomic E-state index is -0.517. The molecule has 0 aromatic heterocycles. The van der Waals surface area contributed by atoms with E-state index in [1.54, 1.807) is 0 Å². The van der Waals surface area contributed by atoms with Crippen LogP contribution in [0, 0.1) is 13.8 Å². The third-order valence-electron chi connectivity index (χ3n) is 4.28. The smallest absolute Gasteiger partial charge is 0.0897 e. The van der Waals surface area contributed by atoms with Crippen molar-refractivity contribution in [1.29, 1.82) is 0 Å². The van der Waals surface area contributed by atoms with Gasteiger partial charge in [0.15, 0.2) is 0 Å². The maximum Gasteiger partial charge on any atom is 0.0897 e. The van der Waals surface area contributed by atoms with Crippen molar-refractivity contribution in [2.45, 2.75) is 37.9 Å². The van der Waals surface area contributed by atoms with Crippen molar-refractivity contribution in [2.24, 2.45) is 0 Å². The van der Waals surface area contributed by atoms with Crippen molar-refractivity contribution in [3.63, 3.8) is 0 Å². The zero-order chi connectivity index (χ0) is 18.9. The molecule has 0 bridgehead atoms. The third-order valence-corrected chi connectivity index (χ3v) is 5.53. The summed E-state index contributed by atoms with van der Waals surface area (Å²) in [7, 11) is 0. The maximum atomic E-state index is 10.1. The Morgan fingerprint density at radius 1 is 1.12 bits per heavy atom. The number of halogens is 1. The first-order valence-electron chi connectivity index (χ1n) is 8.91. The van der Waals surface area contributed by atoms with Crippen LogP contribution < -0.4 is 5.32 Å². The first-order chi connectivity index (χ1) is 12.5. The number of rotatable bonds is 10. The Bertz CT molecular complexity index is 678. The molecule has 2 aromatic carbocycles. The summed E-state index contributed by atoms with van der Waals surface area (Å²) >= 11 is 7.72. The minimum absolute atomic E-state index is 0.0674. The molecule has 2 rings (SSSR count). The first-order valence-corrected chi connectivity index (χ1v) is 10.3. The second-order valence-electron chi connectivity index (χ2n) is 6.48. The van der Waals surface area contributed by atoms with Crippen molar-refractivity contribution in [1.82, 2.24) is 5.32 Å². The Morgan fingerprint density at radius 2 is 1.85 bits per heavy atom. The Balaban J connectivity index is 1.59. The molecule has 0 heterocycles. The highest BCUT2D eigenvalue weighted by molar-refractivity contribution is 7.99. The van der Waals surface area contributed by atoms with Gasteiger partial charge in [0.1, 0.15) is 0 Å². The zero-order valence-corrected chi connectivity index (χ0v) is 17.2. The van der Waals surface area contributed by atoms with Gasteiger partial charge in [-0.15, -0.1) is 11.8 Å². The van der Waals surface area contributed by atoms with Crippen LogP contribution in [0.5, 0.6) is 0 Å². The number of aliphatic hydroxyl groups is 1. The van der Waals surface area contributed by atoms with Crippen molar-refractivity contribution in [2.75, 3.05) is 25.4 Å². The number of hydrogen-bond donors (Lipinski definition) is 2. The van der Waals surface area contributed by atoms with Crippen LogP contribution >= 0.6 is 23.4 Å². The standard InChI is InChI=1S/C21H28ClNO2S/c1-15-4-9-21(12-16(15)2)26-11-10-23-13-20(24)14-25-17(3)18-5-7-19(22)8-6-18/h4-9,12,17,20,23-24H,10-11,13-14H2,1-3H3/t17-,20-/m0/s1. The quantitative estimate of drug-likeness (QED) is 0.450. The maximum absolute atomic E-state index is 10.1. The molecular formula is C21H28ClNO2S. The predicted octanol–water partition coefficient (Wildman–Crippen LogP) is 4.78. The zero-order valence-electron chi connectivity index (χ0n) is 15.7. The highest BCUT2D eigenvalue weighted by Crippen LogP contribution is 2.21. The summed E-state index contributed by atoms with van der Waals surface area (Å²) in [5.74, 6) is 0.969. The highest BCUT2D eigenvalue weighted by Gasteiger charge is 2.10. The number of aliphatic hydroxyl groups excluding tert-OH is 1. The lowest BCUT2D eigenvalue weighted by molar-refractivity contribution is -0.00181. The van der Waals surface area contributed by atoms with E-state index in [1.165, 1.54) is 16.0 Å². The number of benzene rings is 2. The van der Waals surface area contributed by atoms with Crippen LogP contribution in [0.1, 0.15) is 29.7 Å². The fraction of sp³-hybridized carbons (Fsp3) is 0.429. The van der Waals surface area contributed by atoms with Gasteiger partial charge in [-0.3, -0.25) is 0 Å². The first kappa shape index (κ1) is 21.3. The van der Waals surface area contributed by atoms with Gasteiger partial charge in [0.05, 0.1) is 18.8 Å². The van der Waals surface area contributed by atoms with Gasteiger partial charge >= 0.3 is 0 Å². The van der Waals surface area contributed by atoms with Crippen LogP contribution in [0.15, 0.2) is 47.4 Å². The molecule has 142 valence electrons. The van der Waals surface area contributed by atoms with Crippen LogP contribution in [0.4, 0.5) is 0 Å². The SMILES string of the molecule is Cc1ccc(SCCNC[C@H](O)CO[C@@H](C)c2ccc(Cl)cc2)cc1C. The summed E-state index contributed by atoms with van der Waals surface area (Å²) < 4.78 is 5.74. The van der Waals surface area contributed by atoms with E-state index in [1.807, 2.05) is 43.0 Å². The van der Waals surface area contributed by atoms with Crippen molar-refractivity contribution in [3.05, 3.63) is 64.2 Å².